The highest BCUT2D eigenvalue weighted by Gasteiger charge is 2.44. The van der Waals surface area contributed by atoms with E-state index in [1.54, 1.807) is 13.8 Å². The average Bonchev–Trinajstić information content (AvgIpc) is 2.32. The van der Waals surface area contributed by atoms with Gasteiger partial charge in [0.2, 0.25) is 6.41 Å². The number of halogens is 2. The molecule has 0 aliphatic rings. The predicted octanol–water partition coefficient (Wildman–Crippen LogP) is 2.75. The number of amides is 1. The summed E-state index contributed by atoms with van der Waals surface area (Å²) in [5.74, 6) is -1.95. The predicted molar refractivity (Wildman–Crippen MR) is 72.1 cm³/mol. The molecular formula is C13H15BrFNO3. The Morgan fingerprint density at radius 2 is 2.11 bits per heavy atom. The van der Waals surface area contributed by atoms with Crippen molar-refractivity contribution in [2.24, 2.45) is 0 Å². The van der Waals surface area contributed by atoms with Crippen LogP contribution in [0.1, 0.15) is 26.3 Å². The van der Waals surface area contributed by atoms with Crippen LogP contribution in [0, 0.1) is 5.82 Å². The molecule has 1 amide bonds. The lowest BCUT2D eigenvalue weighted by molar-refractivity contribution is -0.156. The lowest BCUT2D eigenvalue weighted by Crippen LogP contribution is -2.52. The van der Waals surface area contributed by atoms with Crippen molar-refractivity contribution in [3.8, 4) is 0 Å². The Bertz CT molecular complexity index is 507. The highest BCUT2D eigenvalue weighted by molar-refractivity contribution is 9.10. The first-order chi connectivity index (χ1) is 8.75. The fourth-order valence-corrected chi connectivity index (χ4v) is 2.34. The van der Waals surface area contributed by atoms with Crippen LogP contribution in [0.25, 0.3) is 0 Å². The van der Waals surface area contributed by atoms with Crippen molar-refractivity contribution in [1.82, 2.24) is 4.90 Å². The van der Waals surface area contributed by atoms with Gasteiger partial charge in [0, 0.05) is 16.1 Å². The van der Waals surface area contributed by atoms with Gasteiger partial charge in [-0.05, 0) is 39.0 Å². The molecule has 0 aliphatic carbocycles. The van der Waals surface area contributed by atoms with Crippen LogP contribution in [0.15, 0.2) is 22.7 Å². The molecule has 6 heteroatoms. The van der Waals surface area contributed by atoms with Crippen molar-refractivity contribution < 1.29 is 19.1 Å². The summed E-state index contributed by atoms with van der Waals surface area (Å²) >= 11 is 3.18. The number of carbonyl (C=O) groups excluding carboxylic acids is 1. The van der Waals surface area contributed by atoms with E-state index in [-0.39, 0.29) is 11.6 Å². The molecule has 1 aromatic carbocycles. The molecule has 0 spiro atoms. The van der Waals surface area contributed by atoms with Crippen LogP contribution >= 0.6 is 15.9 Å². The van der Waals surface area contributed by atoms with Crippen LogP contribution in [0.5, 0.6) is 0 Å². The van der Waals surface area contributed by atoms with Crippen LogP contribution in [-0.2, 0) is 15.1 Å². The van der Waals surface area contributed by atoms with Gasteiger partial charge in [0.1, 0.15) is 5.82 Å². The number of rotatable bonds is 5. The summed E-state index contributed by atoms with van der Waals surface area (Å²) in [6.07, 6.45) is 0.430. The normalized spacial score (nSPS) is 14.0. The summed E-state index contributed by atoms with van der Waals surface area (Å²) < 4.78 is 14.5. The van der Waals surface area contributed by atoms with E-state index in [2.05, 4.69) is 15.9 Å². The average molecular weight is 332 g/mol. The van der Waals surface area contributed by atoms with Crippen molar-refractivity contribution in [3.63, 3.8) is 0 Å². The van der Waals surface area contributed by atoms with Gasteiger partial charge in [-0.15, -0.1) is 0 Å². The number of hydrogen-bond acceptors (Lipinski definition) is 2. The Labute approximate surface area is 119 Å². The maximum atomic E-state index is 14.0. The summed E-state index contributed by atoms with van der Waals surface area (Å²) in [4.78, 5) is 23.9. The summed E-state index contributed by atoms with van der Waals surface area (Å²) in [6.45, 7) is 4.66. The Hall–Kier alpha value is -1.43. The third-order valence-electron chi connectivity index (χ3n) is 3.06. The molecule has 0 saturated carbocycles. The van der Waals surface area contributed by atoms with E-state index < -0.39 is 17.3 Å². The molecule has 1 N–H and O–H groups in total. The van der Waals surface area contributed by atoms with Crippen molar-refractivity contribution in [2.45, 2.75) is 32.4 Å². The quantitative estimate of drug-likeness (QED) is 0.844. The van der Waals surface area contributed by atoms with Crippen LogP contribution < -0.4 is 0 Å². The van der Waals surface area contributed by atoms with Gasteiger partial charge in [0.25, 0.3) is 0 Å². The Balaban J connectivity index is 3.54. The number of carbonyl (C=O) groups is 2. The molecule has 0 aromatic heterocycles. The van der Waals surface area contributed by atoms with Crippen LogP contribution in [0.3, 0.4) is 0 Å². The van der Waals surface area contributed by atoms with Gasteiger partial charge in [-0.1, -0.05) is 15.9 Å². The highest BCUT2D eigenvalue weighted by atomic mass is 79.9. The molecule has 1 atom stereocenters. The van der Waals surface area contributed by atoms with E-state index in [0.717, 1.165) is 4.90 Å². The van der Waals surface area contributed by atoms with Gasteiger partial charge in [0.15, 0.2) is 5.54 Å². The number of hydrogen-bond donors (Lipinski definition) is 1. The maximum Gasteiger partial charge on any atom is 0.334 e. The van der Waals surface area contributed by atoms with E-state index in [4.69, 9.17) is 0 Å². The minimum atomic E-state index is -1.76. The molecule has 0 radical (unpaired) electrons. The van der Waals surface area contributed by atoms with Gasteiger partial charge in [-0.2, -0.15) is 0 Å². The van der Waals surface area contributed by atoms with Gasteiger partial charge in [-0.25, -0.2) is 9.18 Å². The first-order valence-corrected chi connectivity index (χ1v) is 6.47. The second kappa shape index (κ2) is 5.69. The maximum absolute atomic E-state index is 14.0. The van der Waals surface area contributed by atoms with Gasteiger partial charge in [-0.3, -0.25) is 4.79 Å². The SMILES string of the molecule is CC(C)N(C=O)C(C)(C(=O)O)c1cc(Br)ccc1F. The third kappa shape index (κ3) is 2.78. The summed E-state index contributed by atoms with van der Waals surface area (Å²) in [7, 11) is 0. The summed E-state index contributed by atoms with van der Waals surface area (Å²) in [5, 5.41) is 9.47. The van der Waals surface area contributed by atoms with E-state index in [0.29, 0.717) is 10.9 Å². The zero-order valence-corrected chi connectivity index (χ0v) is 12.4. The van der Waals surface area contributed by atoms with Gasteiger partial charge >= 0.3 is 5.97 Å². The molecule has 0 heterocycles. The second-order valence-corrected chi connectivity index (χ2v) is 5.52. The van der Waals surface area contributed by atoms with Crippen molar-refractivity contribution >= 4 is 28.3 Å². The molecule has 1 aromatic rings. The van der Waals surface area contributed by atoms with Crippen LogP contribution in [0.2, 0.25) is 0 Å². The number of carboxylic acids is 1. The molecule has 19 heavy (non-hydrogen) atoms. The van der Waals surface area contributed by atoms with Crippen molar-refractivity contribution in [2.75, 3.05) is 0 Å². The molecule has 0 saturated heterocycles. The minimum Gasteiger partial charge on any atom is -0.479 e. The van der Waals surface area contributed by atoms with Gasteiger partial charge < -0.3 is 10.0 Å². The number of aliphatic carboxylic acids is 1. The first kappa shape index (κ1) is 15.6. The number of benzene rings is 1. The van der Waals surface area contributed by atoms with E-state index in [1.807, 2.05) is 0 Å². The molecule has 1 rings (SSSR count). The molecule has 0 bridgehead atoms. The number of carboxylic acid groups (broad SMARTS) is 1. The van der Waals surface area contributed by atoms with Crippen LogP contribution in [-0.4, -0.2) is 28.4 Å². The lowest BCUT2D eigenvalue weighted by Gasteiger charge is -2.38. The lowest BCUT2D eigenvalue weighted by atomic mass is 9.89. The minimum absolute atomic E-state index is 0.0600. The molecule has 4 nitrogen and oxygen atoms in total. The zero-order valence-electron chi connectivity index (χ0n) is 10.9. The molecule has 0 aliphatic heterocycles. The third-order valence-corrected chi connectivity index (χ3v) is 3.55. The Kier molecular flexibility index (Phi) is 4.68. The van der Waals surface area contributed by atoms with Crippen molar-refractivity contribution in [1.29, 1.82) is 0 Å². The summed E-state index contributed by atoms with van der Waals surface area (Å²) in [5.41, 5.74) is -1.82. The molecule has 1 unspecified atom stereocenters. The molecule has 104 valence electrons. The smallest absolute Gasteiger partial charge is 0.334 e. The fourth-order valence-electron chi connectivity index (χ4n) is 1.98. The zero-order chi connectivity index (χ0) is 14.8. The van der Waals surface area contributed by atoms with Gasteiger partial charge in [0.05, 0.1) is 0 Å². The summed E-state index contributed by atoms with van der Waals surface area (Å²) in [6, 6.07) is 3.64. The standard InChI is InChI=1S/C13H15BrFNO3/c1-8(2)16(7-17)13(3,12(18)19)10-6-9(14)4-5-11(10)15/h4-8H,1-3H3,(H,18,19). The number of nitrogens with zero attached hydrogens (tertiary/aromatic N) is 1. The van der Waals surface area contributed by atoms with E-state index in [1.165, 1.54) is 25.1 Å². The van der Waals surface area contributed by atoms with Crippen LogP contribution in [0.4, 0.5) is 4.39 Å². The highest BCUT2D eigenvalue weighted by Crippen LogP contribution is 2.33. The Morgan fingerprint density at radius 3 is 2.53 bits per heavy atom. The first-order valence-electron chi connectivity index (χ1n) is 5.67. The molecule has 0 fully saturated rings. The Morgan fingerprint density at radius 1 is 1.53 bits per heavy atom. The van der Waals surface area contributed by atoms with E-state index in [9.17, 15) is 19.1 Å². The largest absolute Gasteiger partial charge is 0.479 e. The topological polar surface area (TPSA) is 57.6 Å². The molecular weight excluding hydrogens is 317 g/mol. The van der Waals surface area contributed by atoms with Crippen molar-refractivity contribution in [3.05, 3.63) is 34.1 Å². The monoisotopic (exact) mass is 331 g/mol. The van der Waals surface area contributed by atoms with E-state index >= 15 is 0 Å². The second-order valence-electron chi connectivity index (χ2n) is 4.61. The fraction of sp³-hybridized carbons (Fsp3) is 0.385.